The van der Waals surface area contributed by atoms with Crippen LogP contribution in [0.1, 0.15) is 14.6 Å². The van der Waals surface area contributed by atoms with E-state index in [0.29, 0.717) is 59.7 Å². The molecule has 120 heavy (non-hydrogen) atoms. The van der Waals surface area contributed by atoms with Gasteiger partial charge in [0.25, 0.3) is 11.4 Å². The third-order valence-corrected chi connectivity index (χ3v) is 17.3. The van der Waals surface area contributed by atoms with Gasteiger partial charge in [0.15, 0.2) is 12.1 Å². The van der Waals surface area contributed by atoms with Crippen LogP contribution in [-0.2, 0) is 28.2 Å². The number of aromatic amines is 1. The summed E-state index contributed by atoms with van der Waals surface area (Å²) >= 11 is 43.1. The number of nitrogens with one attached hydrogen (secondary N) is 3. The molecule has 5 heterocycles. The summed E-state index contributed by atoms with van der Waals surface area (Å²) < 4.78 is 91.4. The molecule has 0 amide bonds. The first-order chi connectivity index (χ1) is 56.9. The van der Waals surface area contributed by atoms with E-state index in [4.69, 9.17) is 138 Å². The Kier molecular flexibility index (Phi) is 46.4. The number of aromatic nitrogens is 10. The van der Waals surface area contributed by atoms with Crippen molar-refractivity contribution in [3.8, 4) is 51.7 Å². The number of rotatable bonds is 11. The summed E-state index contributed by atoms with van der Waals surface area (Å²) in [6, 6.07) is 42.1. The number of nitro benzene ring substituents is 2. The van der Waals surface area contributed by atoms with Crippen molar-refractivity contribution < 1.29 is 99.5 Å². The van der Waals surface area contributed by atoms with Crippen molar-refractivity contribution in [1.29, 1.82) is 11.1 Å². The maximum Gasteiger partial charge on any atom is 1.00 e. The Bertz CT molecular complexity index is 5840. The molecule has 6 N–H and O–H groups in total. The minimum atomic E-state index is -1.00. The number of nitrogens with two attached hydrogens (primary N) is 1. The Morgan fingerprint density at radius 3 is 1.25 bits per heavy atom. The van der Waals surface area contributed by atoms with Crippen molar-refractivity contribution in [2.75, 3.05) is 46.3 Å². The van der Waals surface area contributed by atoms with E-state index in [-0.39, 0.29) is 87.9 Å². The largest absolute Gasteiger partial charge is 1.00 e. The molecule has 0 saturated carbocycles. The number of alkyl halides is 2. The summed E-state index contributed by atoms with van der Waals surface area (Å²) in [5, 5.41) is 69.6. The molecule has 0 atom stereocenters. The van der Waals surface area contributed by atoms with Gasteiger partial charge in [-0.1, -0.05) is 104 Å². The van der Waals surface area contributed by atoms with Crippen molar-refractivity contribution in [2.24, 2.45) is 33.5 Å². The molecule has 634 valence electrons. The van der Waals surface area contributed by atoms with Crippen LogP contribution in [0.5, 0.6) is 51.7 Å². The predicted octanol–water partition coefficient (Wildman–Crippen LogP) is 21.0. The van der Waals surface area contributed by atoms with Crippen LogP contribution in [-0.4, -0.2) is 111 Å². The summed E-state index contributed by atoms with van der Waals surface area (Å²) in [6.07, 6.45) is 8.83. The first-order valence-corrected chi connectivity index (χ1v) is 37.3. The number of halogens is 13. The number of nitro groups is 2. The fourth-order valence-corrected chi connectivity index (χ4v) is 11.5. The van der Waals surface area contributed by atoms with Crippen molar-refractivity contribution in [1.82, 2.24) is 49.3 Å². The van der Waals surface area contributed by atoms with Gasteiger partial charge in [-0.25, -0.2) is 24.2 Å². The van der Waals surface area contributed by atoms with E-state index in [1.54, 1.807) is 145 Å². The van der Waals surface area contributed by atoms with Gasteiger partial charge in [0, 0.05) is 67.1 Å². The molecule has 0 aliphatic heterocycles. The minimum absolute atomic E-state index is 0. The van der Waals surface area contributed by atoms with E-state index in [9.17, 15) is 47.7 Å². The van der Waals surface area contributed by atoms with Crippen LogP contribution in [0.25, 0.3) is 54.5 Å². The van der Waals surface area contributed by atoms with Gasteiger partial charge >= 0.3 is 29.6 Å². The number of nitrogen functional groups attached to an aromatic ring is 1. The molecule has 15 rings (SSSR count). The van der Waals surface area contributed by atoms with E-state index >= 15 is 0 Å². The second-order valence-electron chi connectivity index (χ2n) is 22.1. The Balaban J connectivity index is 0.00000137. The number of fused-ring (bicyclic) bond motifs is 5. The Hall–Kier alpha value is -10.6. The molecule has 5 aromatic heterocycles. The van der Waals surface area contributed by atoms with Crippen LogP contribution >= 0.6 is 121 Å². The van der Waals surface area contributed by atoms with Gasteiger partial charge in [-0.2, -0.15) is 25.5 Å². The molecule has 0 bridgehead atoms. The number of carbonyl (C=O) groups is 1. The minimum Gasteiger partial charge on any atom is -0.507 e. The molecule has 0 saturated heterocycles. The number of ether oxygens (including phenoxy) is 6. The molecular formula is C76H74BrCl7F4IN16NaO14. The number of phenols is 1. The zero-order valence-corrected chi connectivity index (χ0v) is 75.6. The second-order valence-corrected chi connectivity index (χ2v) is 25.0. The van der Waals surface area contributed by atoms with E-state index in [1.807, 2.05) is 55.4 Å². The van der Waals surface area contributed by atoms with Crippen LogP contribution in [0.3, 0.4) is 0 Å². The molecule has 0 aliphatic rings. The number of carbonyl (C=O) groups excluding carboxylic acids is 1. The maximum absolute atomic E-state index is 13.0. The molecule has 0 unspecified atom stereocenters. The quantitative estimate of drug-likeness (QED) is 0.00767. The smallest absolute Gasteiger partial charge is 0.507 e. The van der Waals surface area contributed by atoms with Crippen LogP contribution in [0.4, 0.5) is 34.6 Å². The average molecular weight is 1990 g/mol. The molecule has 15 aromatic rings. The standard InChI is InChI=1S/C14H10ClN3O3.C14H12ClN3O.C9H9ClN2O.C8H6ClFO2.2C8H7ClN2O.C7H6ClFO.C6H4FNO2.CH3F.CH3I.BrH.H2N2.HNO2.Na.2H2/c1-17-14-11(8-16-17)13(7-6-12(14)15)21-10-4-2-9(3-5-10)18(19)20;1-18-14-11(8-17-18)13(7-6-12(14)15)19-10-4-2-9(16)3-5-10;1-12-9-6(5-11-12)8(13-2)4-3-7(9)10;1-12-7-3-2-6(9)8(10)5(7)4-11;1-12-7-3-2-6(9)8-5(7)4-10-11-8;1-11-8-5(4-10-11)7(12)3-2-6(8)9;1-10-5-2-3-6(8)7(9)4-5;7-5-1-3-6(4-2-5)8(9)10;2*1-2;;1-2;2-1-3;;;/h2-8H,1H3;2-8H,16H2,1H3;3-5H,1-2H3;2-4H,1H3;2-4H,1H3,(H,10,11);2-4,12H,1H3;2-4H,1H3;1-4H;2*1H3;1H;1-2H;(H,2,3);;2*1H/q;;;;;;;;;;;;;+1;;/p-1/i;;;;;;;;1D;;;;;;;. The zero-order valence-electron chi connectivity index (χ0n) is 65.4. The Morgan fingerprint density at radius 2 is 0.858 bits per heavy atom. The van der Waals surface area contributed by atoms with Crippen LogP contribution in [0.15, 0.2) is 200 Å². The first kappa shape index (κ1) is 104. The maximum atomic E-state index is 13.0. The molecule has 0 fully saturated rings. The molecule has 10 aromatic carbocycles. The third-order valence-electron chi connectivity index (χ3n) is 15.2. The van der Waals surface area contributed by atoms with E-state index in [1.165, 1.54) is 50.6 Å². The van der Waals surface area contributed by atoms with E-state index in [2.05, 4.69) is 53.2 Å². The number of non-ortho nitro benzene ring substituents is 2. The topological polar surface area (TPSA) is 405 Å². The molecular weight excluding hydrogens is 1910 g/mol. The van der Waals surface area contributed by atoms with Gasteiger partial charge in [-0.3, -0.25) is 53.2 Å². The number of hydrogen-bond acceptors (Lipinski definition) is 23. The summed E-state index contributed by atoms with van der Waals surface area (Å²) in [7, 11) is 12.4. The van der Waals surface area contributed by atoms with Gasteiger partial charge < -0.3 is 49.4 Å². The third kappa shape index (κ3) is 29.7. The Morgan fingerprint density at radius 1 is 0.525 bits per heavy atom. The average Bonchev–Trinajstić information content (AvgIpc) is 1.65. The molecule has 0 spiro atoms. The van der Waals surface area contributed by atoms with Crippen molar-refractivity contribution in [3.05, 3.63) is 283 Å². The van der Waals surface area contributed by atoms with Gasteiger partial charge in [0.2, 0.25) is 0 Å². The fourth-order valence-electron chi connectivity index (χ4n) is 9.82. The summed E-state index contributed by atoms with van der Waals surface area (Å²) in [5.41, 5.74) is 20.2. The number of aromatic hydroxyl groups is 1. The molecule has 0 aliphatic carbocycles. The van der Waals surface area contributed by atoms with Gasteiger partial charge in [0.1, 0.15) is 63.4 Å². The summed E-state index contributed by atoms with van der Waals surface area (Å²) in [5.74, 6) is 3.33. The predicted molar refractivity (Wildman–Crippen MR) is 473 cm³/mol. The zero-order chi connectivity index (χ0) is 88.8. The van der Waals surface area contributed by atoms with Crippen LogP contribution in [0.2, 0.25) is 35.2 Å². The van der Waals surface area contributed by atoms with Crippen molar-refractivity contribution in [2.45, 2.75) is 0 Å². The number of aryl methyl sites for hydroxylation is 4. The van der Waals surface area contributed by atoms with Crippen LogP contribution < -0.4 is 63.7 Å². The van der Waals surface area contributed by atoms with Gasteiger partial charge in [-0.15, -0.1) is 22.3 Å². The molecule has 30 nitrogen and oxygen atoms in total. The monoisotopic (exact) mass is 1990 g/mol. The Labute approximate surface area is 766 Å². The van der Waals surface area contributed by atoms with Crippen LogP contribution in [0, 0.1) is 58.9 Å². The molecule has 44 heteroatoms. The fraction of sp³-hybridized carbons (Fsp3) is 0.132. The SMILES string of the molecule is Br.CI.COc1ccc(Cl)c(F)c1.COc1ccc(Cl)c(F)c1C=O.COc1ccc(Cl)c2[nH]ncc12.COc1ccc(Cl)c2c1cnn2C.Cn1ncc2c(O)ccc(Cl)c21.Cn1ncc2c(Oc3ccc(N)cc3)ccc(Cl)c21.Cn1ncc2c(Oc3ccc([N+](=O)[O-])cc3)ccc(Cl)c21.N=N.O=N[O-].O=[N+]([O-])c1ccc(F)cc1.[2H]CF.[HH].[HH].[Na+]. The number of H-pyrrole nitrogens is 1. The number of aldehydes is 1. The van der Waals surface area contributed by atoms with Crippen molar-refractivity contribution in [3.63, 3.8) is 0 Å². The van der Waals surface area contributed by atoms with Crippen molar-refractivity contribution >= 4 is 199 Å². The second kappa shape index (κ2) is 53.8. The molecule has 0 radical (unpaired) electrons. The van der Waals surface area contributed by atoms with E-state index < -0.39 is 34.5 Å². The summed E-state index contributed by atoms with van der Waals surface area (Å²) in [6.45, 7) is 0. The number of methoxy groups -OCH3 is 4. The number of anilines is 1. The number of phenolic OH excluding ortho intramolecular Hbond substituents is 1. The normalized spacial score (nSPS) is 9.76. The first-order valence-electron chi connectivity index (χ1n) is 33.2. The summed E-state index contributed by atoms with van der Waals surface area (Å²) in [4.78, 5) is 39.9. The van der Waals surface area contributed by atoms with Gasteiger partial charge in [-0.05, 0) is 138 Å². The van der Waals surface area contributed by atoms with E-state index in [0.717, 1.165) is 102 Å². The van der Waals surface area contributed by atoms with Gasteiger partial charge in [0.05, 0.1) is 173 Å². The number of benzene rings is 10. The number of nitrogens with zero attached hydrogens (tertiary/aromatic N) is 12. The number of hydrogen-bond donors (Lipinski definition) is 5.